The van der Waals surface area contributed by atoms with Crippen molar-refractivity contribution in [3.05, 3.63) is 40.9 Å². The fourth-order valence-corrected chi connectivity index (χ4v) is 4.12. The minimum absolute atomic E-state index is 0.0593. The maximum Gasteiger partial charge on any atom is 0.315 e. The second-order valence-corrected chi connectivity index (χ2v) is 7.49. The smallest absolute Gasteiger partial charge is 0.315 e. The lowest BCUT2D eigenvalue weighted by Crippen LogP contribution is -2.41. The molecule has 2 amide bonds. The van der Waals surface area contributed by atoms with E-state index < -0.39 is 0 Å². The van der Waals surface area contributed by atoms with E-state index in [4.69, 9.17) is 0 Å². The molecule has 1 saturated carbocycles. The third-order valence-electron chi connectivity index (χ3n) is 4.51. The van der Waals surface area contributed by atoms with Gasteiger partial charge in [-0.1, -0.05) is 56.0 Å². The van der Waals surface area contributed by atoms with Crippen LogP contribution in [0.1, 0.15) is 49.1 Å². The van der Waals surface area contributed by atoms with E-state index in [2.05, 4.69) is 27.8 Å². The Hall–Kier alpha value is -1.88. The normalized spacial score (nSPS) is 15.7. The van der Waals surface area contributed by atoms with Crippen molar-refractivity contribution in [2.24, 2.45) is 0 Å². The van der Waals surface area contributed by atoms with Gasteiger partial charge in [0.05, 0.1) is 12.2 Å². The minimum atomic E-state index is -0.0593. The van der Waals surface area contributed by atoms with Gasteiger partial charge >= 0.3 is 6.03 Å². The molecular formula is C19H25N3OS. The van der Waals surface area contributed by atoms with E-state index in [1.165, 1.54) is 25.7 Å². The number of carbonyl (C=O) groups is 1. The first-order valence-electron chi connectivity index (χ1n) is 8.78. The summed E-state index contributed by atoms with van der Waals surface area (Å²) >= 11 is 1.65. The first kappa shape index (κ1) is 17.0. The van der Waals surface area contributed by atoms with Crippen molar-refractivity contribution in [3.8, 4) is 10.6 Å². The molecule has 128 valence electrons. The molecular weight excluding hydrogens is 318 g/mol. The zero-order chi connectivity index (χ0) is 16.8. The summed E-state index contributed by atoms with van der Waals surface area (Å²) in [7, 11) is 0. The summed E-state index contributed by atoms with van der Waals surface area (Å²) in [5, 5.41) is 7.12. The molecule has 1 heterocycles. The number of urea groups is 1. The van der Waals surface area contributed by atoms with Crippen molar-refractivity contribution in [2.45, 2.75) is 58.0 Å². The molecule has 2 N–H and O–H groups in total. The van der Waals surface area contributed by atoms with Crippen LogP contribution in [0.3, 0.4) is 0 Å². The minimum Gasteiger partial charge on any atom is -0.335 e. The molecule has 0 bridgehead atoms. The number of aryl methyl sites for hydroxylation is 1. The van der Waals surface area contributed by atoms with E-state index in [9.17, 15) is 4.79 Å². The molecule has 1 aromatic carbocycles. The number of hydrogen-bond donors (Lipinski definition) is 2. The molecule has 5 heteroatoms. The Kier molecular flexibility index (Phi) is 5.86. The van der Waals surface area contributed by atoms with Crippen molar-refractivity contribution in [2.75, 3.05) is 0 Å². The summed E-state index contributed by atoms with van der Waals surface area (Å²) in [4.78, 5) is 17.9. The number of amides is 2. The fourth-order valence-electron chi connectivity index (χ4n) is 3.12. The van der Waals surface area contributed by atoms with Gasteiger partial charge in [-0.15, -0.1) is 11.3 Å². The third-order valence-corrected chi connectivity index (χ3v) is 5.72. The Balaban J connectivity index is 1.54. The van der Waals surface area contributed by atoms with Gasteiger partial charge in [0, 0.05) is 16.5 Å². The summed E-state index contributed by atoms with van der Waals surface area (Å²) in [5.41, 5.74) is 2.12. The first-order valence-corrected chi connectivity index (χ1v) is 9.60. The highest BCUT2D eigenvalue weighted by molar-refractivity contribution is 7.15. The monoisotopic (exact) mass is 343 g/mol. The number of nitrogens with one attached hydrogen (secondary N) is 2. The molecule has 1 fully saturated rings. The van der Waals surface area contributed by atoms with E-state index >= 15 is 0 Å². The Morgan fingerprint density at radius 2 is 1.88 bits per heavy atom. The van der Waals surface area contributed by atoms with Crippen LogP contribution in [-0.2, 0) is 6.54 Å². The standard InChI is InChI=1S/C19H25N3OS/c1-14-17(24-18(21-14)15-9-5-4-6-10-15)13-20-19(23)22-16-11-7-2-3-8-12-16/h4-6,9-10,16H,2-3,7-8,11-13H2,1H3,(H2,20,22,23). The van der Waals surface area contributed by atoms with Gasteiger partial charge in [0.25, 0.3) is 0 Å². The summed E-state index contributed by atoms with van der Waals surface area (Å²) in [6.45, 7) is 2.54. The van der Waals surface area contributed by atoms with Gasteiger partial charge in [0.1, 0.15) is 5.01 Å². The topological polar surface area (TPSA) is 54.0 Å². The molecule has 0 spiro atoms. The lowest BCUT2D eigenvalue weighted by molar-refractivity contribution is 0.235. The molecule has 1 aliphatic carbocycles. The van der Waals surface area contributed by atoms with E-state index in [1.807, 2.05) is 25.1 Å². The highest BCUT2D eigenvalue weighted by atomic mass is 32.1. The summed E-state index contributed by atoms with van der Waals surface area (Å²) in [6.07, 6.45) is 7.24. The van der Waals surface area contributed by atoms with E-state index in [0.29, 0.717) is 12.6 Å². The Morgan fingerprint density at radius 3 is 2.58 bits per heavy atom. The van der Waals surface area contributed by atoms with Crippen molar-refractivity contribution in [3.63, 3.8) is 0 Å². The lowest BCUT2D eigenvalue weighted by Gasteiger charge is -2.16. The zero-order valence-corrected chi connectivity index (χ0v) is 15.0. The van der Waals surface area contributed by atoms with Crippen LogP contribution in [0.15, 0.2) is 30.3 Å². The van der Waals surface area contributed by atoms with Crippen molar-refractivity contribution in [1.29, 1.82) is 0 Å². The van der Waals surface area contributed by atoms with Crippen LogP contribution in [0.2, 0.25) is 0 Å². The van der Waals surface area contributed by atoms with Gasteiger partial charge < -0.3 is 10.6 Å². The predicted molar refractivity (Wildman–Crippen MR) is 99.1 cm³/mol. The second-order valence-electron chi connectivity index (χ2n) is 6.41. The fraction of sp³-hybridized carbons (Fsp3) is 0.474. The molecule has 24 heavy (non-hydrogen) atoms. The van der Waals surface area contributed by atoms with E-state index in [1.54, 1.807) is 11.3 Å². The molecule has 0 aliphatic heterocycles. The quantitative estimate of drug-likeness (QED) is 0.795. The number of rotatable bonds is 4. The number of nitrogens with zero attached hydrogens (tertiary/aromatic N) is 1. The van der Waals surface area contributed by atoms with Crippen molar-refractivity contribution in [1.82, 2.24) is 15.6 Å². The molecule has 1 aliphatic rings. The summed E-state index contributed by atoms with van der Waals surface area (Å²) in [6, 6.07) is 10.4. The number of thiazole rings is 1. The highest BCUT2D eigenvalue weighted by Crippen LogP contribution is 2.27. The molecule has 0 radical (unpaired) electrons. The number of aromatic nitrogens is 1. The first-order chi connectivity index (χ1) is 11.7. The Bertz CT molecular complexity index is 661. The largest absolute Gasteiger partial charge is 0.335 e. The molecule has 4 nitrogen and oxygen atoms in total. The van der Waals surface area contributed by atoms with Gasteiger partial charge in [-0.2, -0.15) is 0 Å². The summed E-state index contributed by atoms with van der Waals surface area (Å²) < 4.78 is 0. The van der Waals surface area contributed by atoms with Crippen LogP contribution in [0.4, 0.5) is 4.79 Å². The predicted octanol–water partition coefficient (Wildman–Crippen LogP) is 4.64. The molecule has 1 aromatic heterocycles. The van der Waals surface area contributed by atoms with Gasteiger partial charge in [-0.3, -0.25) is 0 Å². The molecule has 0 saturated heterocycles. The van der Waals surface area contributed by atoms with E-state index in [0.717, 1.165) is 34.0 Å². The van der Waals surface area contributed by atoms with Crippen molar-refractivity contribution >= 4 is 17.4 Å². The Morgan fingerprint density at radius 1 is 1.17 bits per heavy atom. The van der Waals surface area contributed by atoms with E-state index in [-0.39, 0.29) is 6.03 Å². The molecule has 0 unspecified atom stereocenters. The highest BCUT2D eigenvalue weighted by Gasteiger charge is 2.15. The maximum atomic E-state index is 12.1. The molecule has 0 atom stereocenters. The van der Waals surface area contributed by atoms with Gasteiger partial charge in [-0.25, -0.2) is 9.78 Å². The van der Waals surface area contributed by atoms with Crippen LogP contribution in [-0.4, -0.2) is 17.1 Å². The molecule has 2 aromatic rings. The maximum absolute atomic E-state index is 12.1. The van der Waals surface area contributed by atoms with Crippen LogP contribution >= 0.6 is 11.3 Å². The van der Waals surface area contributed by atoms with Crippen LogP contribution in [0.5, 0.6) is 0 Å². The third kappa shape index (κ3) is 4.57. The van der Waals surface area contributed by atoms with Crippen LogP contribution in [0, 0.1) is 6.92 Å². The van der Waals surface area contributed by atoms with Crippen LogP contribution in [0.25, 0.3) is 10.6 Å². The van der Waals surface area contributed by atoms with Gasteiger partial charge in [-0.05, 0) is 19.8 Å². The lowest BCUT2D eigenvalue weighted by atomic mass is 10.1. The Labute approximate surface area is 147 Å². The van der Waals surface area contributed by atoms with Crippen molar-refractivity contribution < 1.29 is 4.79 Å². The summed E-state index contributed by atoms with van der Waals surface area (Å²) in [5.74, 6) is 0. The number of benzene rings is 1. The average molecular weight is 343 g/mol. The average Bonchev–Trinajstić information content (AvgIpc) is 2.79. The zero-order valence-electron chi connectivity index (χ0n) is 14.2. The number of hydrogen-bond acceptors (Lipinski definition) is 3. The SMILES string of the molecule is Cc1nc(-c2ccccc2)sc1CNC(=O)NC1CCCCCC1. The molecule has 3 rings (SSSR count). The van der Waals surface area contributed by atoms with Gasteiger partial charge in [0.2, 0.25) is 0 Å². The number of carbonyl (C=O) groups excluding carboxylic acids is 1. The van der Waals surface area contributed by atoms with Crippen LogP contribution < -0.4 is 10.6 Å². The van der Waals surface area contributed by atoms with Gasteiger partial charge in [0.15, 0.2) is 0 Å². The second kappa shape index (κ2) is 8.29.